The second-order valence-corrected chi connectivity index (χ2v) is 6.13. The molecule has 4 rings (SSSR count). The summed E-state index contributed by atoms with van der Waals surface area (Å²) in [4.78, 5) is 12.1. The highest BCUT2D eigenvalue weighted by Crippen LogP contribution is 2.49. The standard InChI is InChI=1S/C16H18O4/c17-16(7-12-6-10-1-2-11(12)5-10)20-13-3-4-14-15(8-13)19-9-18-14/h3-4,8,10-12H,1-2,5-7,9H2/t10-,11-,12+/m1/s1. The predicted octanol–water partition coefficient (Wildman–Crippen LogP) is 3.15. The fourth-order valence-electron chi connectivity index (χ4n) is 3.95. The van der Waals surface area contributed by atoms with Gasteiger partial charge in [0.2, 0.25) is 6.79 Å². The molecule has 3 atom stereocenters. The molecule has 4 nitrogen and oxygen atoms in total. The maximum Gasteiger partial charge on any atom is 0.311 e. The number of carbonyl (C=O) groups excluding carboxylic acids is 1. The molecule has 20 heavy (non-hydrogen) atoms. The van der Waals surface area contributed by atoms with Gasteiger partial charge >= 0.3 is 5.97 Å². The van der Waals surface area contributed by atoms with Crippen LogP contribution in [0.15, 0.2) is 18.2 Å². The smallest absolute Gasteiger partial charge is 0.311 e. The molecule has 2 aliphatic carbocycles. The molecular formula is C16H18O4. The summed E-state index contributed by atoms with van der Waals surface area (Å²) in [5.41, 5.74) is 0. The third-order valence-corrected chi connectivity index (χ3v) is 4.89. The van der Waals surface area contributed by atoms with E-state index >= 15 is 0 Å². The molecule has 4 heteroatoms. The van der Waals surface area contributed by atoms with E-state index in [1.54, 1.807) is 18.2 Å². The van der Waals surface area contributed by atoms with Crippen LogP contribution in [-0.4, -0.2) is 12.8 Å². The number of rotatable bonds is 3. The summed E-state index contributed by atoms with van der Waals surface area (Å²) < 4.78 is 16.0. The minimum Gasteiger partial charge on any atom is -0.454 e. The predicted molar refractivity (Wildman–Crippen MR) is 71.8 cm³/mol. The molecule has 0 aromatic heterocycles. The van der Waals surface area contributed by atoms with Crippen molar-refractivity contribution in [1.29, 1.82) is 0 Å². The Balaban J connectivity index is 1.38. The van der Waals surface area contributed by atoms with E-state index in [1.807, 2.05) is 0 Å². The van der Waals surface area contributed by atoms with Crippen molar-refractivity contribution >= 4 is 5.97 Å². The molecule has 0 radical (unpaired) electrons. The van der Waals surface area contributed by atoms with Crippen LogP contribution in [0.2, 0.25) is 0 Å². The quantitative estimate of drug-likeness (QED) is 0.627. The Labute approximate surface area is 118 Å². The second-order valence-electron chi connectivity index (χ2n) is 6.13. The first-order valence-corrected chi connectivity index (χ1v) is 7.38. The molecule has 0 saturated heterocycles. The van der Waals surface area contributed by atoms with Crippen molar-refractivity contribution in [3.63, 3.8) is 0 Å². The monoisotopic (exact) mass is 274 g/mol. The van der Waals surface area contributed by atoms with Gasteiger partial charge in [0.05, 0.1) is 0 Å². The average molecular weight is 274 g/mol. The van der Waals surface area contributed by atoms with E-state index in [9.17, 15) is 4.79 Å². The van der Waals surface area contributed by atoms with Gasteiger partial charge in [0, 0.05) is 12.5 Å². The molecule has 1 heterocycles. The lowest BCUT2D eigenvalue weighted by Crippen LogP contribution is -2.18. The van der Waals surface area contributed by atoms with Crippen molar-refractivity contribution in [2.24, 2.45) is 17.8 Å². The molecule has 106 valence electrons. The minimum atomic E-state index is -0.124. The van der Waals surface area contributed by atoms with Gasteiger partial charge in [0.1, 0.15) is 5.75 Å². The zero-order valence-electron chi connectivity index (χ0n) is 11.3. The highest BCUT2D eigenvalue weighted by atomic mass is 16.7. The molecule has 1 aromatic rings. The topological polar surface area (TPSA) is 44.8 Å². The largest absolute Gasteiger partial charge is 0.454 e. The van der Waals surface area contributed by atoms with Crippen LogP contribution in [0.5, 0.6) is 17.2 Å². The third kappa shape index (κ3) is 2.13. The molecule has 2 fully saturated rings. The summed E-state index contributed by atoms with van der Waals surface area (Å²) >= 11 is 0. The zero-order chi connectivity index (χ0) is 13.5. The molecular weight excluding hydrogens is 256 g/mol. The summed E-state index contributed by atoms with van der Waals surface area (Å²) in [5.74, 6) is 3.93. The number of hydrogen-bond acceptors (Lipinski definition) is 4. The Morgan fingerprint density at radius 1 is 1.20 bits per heavy atom. The molecule has 0 N–H and O–H groups in total. The van der Waals surface area contributed by atoms with Crippen LogP contribution in [-0.2, 0) is 4.79 Å². The highest BCUT2D eigenvalue weighted by molar-refractivity contribution is 5.73. The van der Waals surface area contributed by atoms with E-state index < -0.39 is 0 Å². The van der Waals surface area contributed by atoms with Crippen LogP contribution in [0.4, 0.5) is 0 Å². The lowest BCUT2D eigenvalue weighted by Gasteiger charge is -2.20. The molecule has 0 unspecified atom stereocenters. The Morgan fingerprint density at radius 2 is 2.10 bits per heavy atom. The summed E-state index contributed by atoms with van der Waals surface area (Å²) in [5, 5.41) is 0. The van der Waals surface area contributed by atoms with Crippen molar-refractivity contribution < 1.29 is 19.0 Å². The van der Waals surface area contributed by atoms with E-state index in [-0.39, 0.29) is 12.8 Å². The van der Waals surface area contributed by atoms with E-state index in [1.165, 1.54) is 25.7 Å². The summed E-state index contributed by atoms with van der Waals surface area (Å²) in [6.45, 7) is 0.234. The fraction of sp³-hybridized carbons (Fsp3) is 0.562. The van der Waals surface area contributed by atoms with Gasteiger partial charge in [0.15, 0.2) is 11.5 Å². The Hall–Kier alpha value is -1.71. The first-order chi connectivity index (χ1) is 9.78. The van der Waals surface area contributed by atoms with Crippen LogP contribution in [0.1, 0.15) is 32.1 Å². The van der Waals surface area contributed by atoms with Crippen molar-refractivity contribution in [2.45, 2.75) is 32.1 Å². The molecule has 0 amide bonds. The van der Waals surface area contributed by atoms with Crippen LogP contribution < -0.4 is 14.2 Å². The number of esters is 1. The zero-order valence-corrected chi connectivity index (χ0v) is 11.3. The van der Waals surface area contributed by atoms with Gasteiger partial charge in [0.25, 0.3) is 0 Å². The lowest BCUT2D eigenvalue weighted by molar-refractivity contribution is -0.135. The molecule has 2 bridgehead atoms. The maximum absolute atomic E-state index is 12.1. The normalized spacial score (nSPS) is 29.7. The van der Waals surface area contributed by atoms with Crippen LogP contribution in [0, 0.1) is 17.8 Å². The van der Waals surface area contributed by atoms with E-state index in [2.05, 4.69) is 0 Å². The number of benzene rings is 1. The minimum absolute atomic E-state index is 0.124. The van der Waals surface area contributed by atoms with Gasteiger partial charge in [-0.2, -0.15) is 0 Å². The first-order valence-electron chi connectivity index (χ1n) is 7.38. The van der Waals surface area contributed by atoms with Gasteiger partial charge < -0.3 is 14.2 Å². The average Bonchev–Trinajstić information content (AvgIpc) is 3.13. The van der Waals surface area contributed by atoms with E-state index in [0.29, 0.717) is 29.6 Å². The lowest BCUT2D eigenvalue weighted by atomic mass is 9.86. The third-order valence-electron chi connectivity index (χ3n) is 4.89. The van der Waals surface area contributed by atoms with E-state index in [4.69, 9.17) is 14.2 Å². The molecule has 1 aromatic carbocycles. The van der Waals surface area contributed by atoms with Gasteiger partial charge in [-0.05, 0) is 49.1 Å². The van der Waals surface area contributed by atoms with Crippen LogP contribution in [0.3, 0.4) is 0 Å². The van der Waals surface area contributed by atoms with Crippen molar-refractivity contribution in [3.05, 3.63) is 18.2 Å². The van der Waals surface area contributed by atoms with E-state index in [0.717, 1.165) is 11.8 Å². The molecule has 0 spiro atoms. The fourth-order valence-corrected chi connectivity index (χ4v) is 3.95. The van der Waals surface area contributed by atoms with Crippen molar-refractivity contribution in [2.75, 3.05) is 6.79 Å². The Bertz CT molecular complexity index is 539. The molecule has 2 saturated carbocycles. The first kappa shape index (κ1) is 12.1. The SMILES string of the molecule is O=C(C[C@@H]1C[C@@H]2CC[C@@H]1C2)Oc1ccc2c(c1)OCO2. The summed E-state index contributed by atoms with van der Waals surface area (Å²) in [7, 11) is 0. The van der Waals surface area contributed by atoms with Crippen molar-refractivity contribution in [1.82, 2.24) is 0 Å². The van der Waals surface area contributed by atoms with Crippen molar-refractivity contribution in [3.8, 4) is 17.2 Å². The highest BCUT2D eigenvalue weighted by Gasteiger charge is 2.40. The summed E-state index contributed by atoms with van der Waals surface area (Å²) in [6, 6.07) is 5.26. The number of ether oxygens (including phenoxy) is 3. The van der Waals surface area contributed by atoms with Gasteiger partial charge in [-0.25, -0.2) is 0 Å². The maximum atomic E-state index is 12.1. The molecule has 1 aliphatic heterocycles. The van der Waals surface area contributed by atoms with Gasteiger partial charge in [-0.3, -0.25) is 4.79 Å². The Kier molecular flexibility index (Phi) is 2.83. The Morgan fingerprint density at radius 3 is 2.90 bits per heavy atom. The molecule has 3 aliphatic rings. The van der Waals surface area contributed by atoms with Crippen LogP contribution >= 0.6 is 0 Å². The summed E-state index contributed by atoms with van der Waals surface area (Å²) in [6.07, 6.45) is 5.74. The number of fused-ring (bicyclic) bond motifs is 3. The number of hydrogen-bond donors (Lipinski definition) is 0. The van der Waals surface area contributed by atoms with Crippen LogP contribution in [0.25, 0.3) is 0 Å². The number of carbonyl (C=O) groups is 1. The van der Waals surface area contributed by atoms with Gasteiger partial charge in [-0.1, -0.05) is 6.42 Å². The second kappa shape index (κ2) is 4.69. The van der Waals surface area contributed by atoms with Gasteiger partial charge in [-0.15, -0.1) is 0 Å².